The van der Waals surface area contributed by atoms with E-state index in [9.17, 15) is 4.79 Å². The van der Waals surface area contributed by atoms with Crippen molar-refractivity contribution in [2.24, 2.45) is 0 Å². The van der Waals surface area contributed by atoms with Crippen LogP contribution in [0.15, 0.2) is 24.4 Å². The second kappa shape index (κ2) is 7.14. The highest BCUT2D eigenvalue weighted by Gasteiger charge is 2.42. The number of H-pyrrole nitrogens is 1. The van der Waals surface area contributed by atoms with E-state index in [-0.39, 0.29) is 24.1 Å². The molecule has 136 valence electrons. The maximum Gasteiger partial charge on any atom is 0.407 e. The van der Waals surface area contributed by atoms with Crippen LogP contribution in [-0.2, 0) is 11.2 Å². The lowest BCUT2D eigenvalue weighted by molar-refractivity contribution is 0.00124. The molecule has 4 rings (SSSR count). The molecule has 25 heavy (non-hydrogen) atoms. The molecule has 1 amide bonds. The molecule has 2 aromatic rings. The quantitative estimate of drug-likeness (QED) is 0.874. The summed E-state index contributed by atoms with van der Waals surface area (Å²) >= 11 is 0. The Morgan fingerprint density at radius 3 is 2.80 bits per heavy atom. The lowest BCUT2D eigenvalue weighted by Crippen LogP contribution is -2.47. The Hall–Kier alpha value is -1.92. The summed E-state index contributed by atoms with van der Waals surface area (Å²) in [4.78, 5) is 17.1. The van der Waals surface area contributed by atoms with Gasteiger partial charge in [-0.3, -0.25) is 0 Å². The molecule has 0 aliphatic carbocycles. The number of aromatic amines is 1. The van der Waals surface area contributed by atoms with E-state index in [1.54, 1.807) is 7.11 Å². The smallest absolute Gasteiger partial charge is 0.407 e. The molecule has 0 bridgehead atoms. The number of nitrogens with one attached hydrogen (secondary N) is 2. The SMILES string of the molecule is COc1ccc2c(CCN3CCC4(CC3)CNC(=O)O4)c[nH]c2c1.Cl. The van der Waals surface area contributed by atoms with Crippen LogP contribution < -0.4 is 10.1 Å². The van der Waals surface area contributed by atoms with Crippen LogP contribution in [0.2, 0.25) is 0 Å². The summed E-state index contributed by atoms with van der Waals surface area (Å²) in [5, 5.41) is 4.05. The molecule has 2 aliphatic rings. The van der Waals surface area contributed by atoms with Gasteiger partial charge in [0, 0.05) is 55.6 Å². The van der Waals surface area contributed by atoms with Gasteiger partial charge in [-0.25, -0.2) is 4.79 Å². The maximum absolute atomic E-state index is 11.3. The van der Waals surface area contributed by atoms with E-state index in [0.717, 1.165) is 50.2 Å². The number of carbonyl (C=O) groups is 1. The summed E-state index contributed by atoms with van der Waals surface area (Å²) in [6.45, 7) is 3.64. The number of benzene rings is 1. The summed E-state index contributed by atoms with van der Waals surface area (Å²) in [5.41, 5.74) is 2.19. The van der Waals surface area contributed by atoms with Crippen LogP contribution in [-0.4, -0.2) is 54.9 Å². The first-order valence-electron chi connectivity index (χ1n) is 8.51. The molecular weight excluding hydrogens is 342 g/mol. The van der Waals surface area contributed by atoms with E-state index in [4.69, 9.17) is 9.47 Å². The Morgan fingerprint density at radius 2 is 2.12 bits per heavy atom. The minimum Gasteiger partial charge on any atom is -0.497 e. The van der Waals surface area contributed by atoms with Crippen molar-refractivity contribution in [2.75, 3.05) is 33.3 Å². The molecule has 2 saturated heterocycles. The van der Waals surface area contributed by atoms with Gasteiger partial charge in [-0.1, -0.05) is 0 Å². The van der Waals surface area contributed by atoms with E-state index in [1.165, 1.54) is 10.9 Å². The minimum absolute atomic E-state index is 0. The molecule has 0 unspecified atom stereocenters. The fourth-order valence-electron chi connectivity index (χ4n) is 3.74. The summed E-state index contributed by atoms with van der Waals surface area (Å²) < 4.78 is 10.7. The first-order chi connectivity index (χ1) is 11.7. The van der Waals surface area contributed by atoms with Gasteiger partial charge in [-0.05, 0) is 24.1 Å². The van der Waals surface area contributed by atoms with Gasteiger partial charge in [0.2, 0.25) is 0 Å². The van der Waals surface area contributed by atoms with Crippen molar-refractivity contribution >= 4 is 29.4 Å². The topological polar surface area (TPSA) is 66.6 Å². The molecule has 0 radical (unpaired) electrons. The lowest BCUT2D eigenvalue weighted by Gasteiger charge is -2.37. The van der Waals surface area contributed by atoms with E-state index < -0.39 is 0 Å². The highest BCUT2D eigenvalue weighted by molar-refractivity contribution is 5.85. The van der Waals surface area contributed by atoms with Gasteiger partial charge in [0.1, 0.15) is 11.4 Å². The molecule has 2 fully saturated rings. The molecule has 1 spiro atoms. The van der Waals surface area contributed by atoms with Crippen molar-refractivity contribution in [1.29, 1.82) is 0 Å². The van der Waals surface area contributed by atoms with Crippen LogP contribution in [0.3, 0.4) is 0 Å². The van der Waals surface area contributed by atoms with Gasteiger partial charge in [0.25, 0.3) is 0 Å². The molecule has 0 atom stereocenters. The molecule has 1 aromatic heterocycles. The standard InChI is InChI=1S/C18H23N3O3.ClH/c1-23-14-2-3-15-13(11-19-16(15)10-14)4-7-21-8-5-18(6-9-21)12-20-17(22)24-18;/h2-3,10-11,19H,4-9,12H2,1H3,(H,20,22);1H. The number of ether oxygens (including phenoxy) is 2. The highest BCUT2D eigenvalue weighted by atomic mass is 35.5. The zero-order valence-corrected chi connectivity index (χ0v) is 15.2. The number of methoxy groups -OCH3 is 1. The number of halogens is 1. The number of hydrogen-bond acceptors (Lipinski definition) is 4. The van der Waals surface area contributed by atoms with Crippen molar-refractivity contribution in [2.45, 2.75) is 24.9 Å². The zero-order valence-electron chi connectivity index (χ0n) is 14.3. The Morgan fingerprint density at radius 1 is 1.32 bits per heavy atom. The molecule has 7 heteroatoms. The predicted molar refractivity (Wildman–Crippen MR) is 98.7 cm³/mol. The molecule has 2 N–H and O–H groups in total. The average molecular weight is 366 g/mol. The van der Waals surface area contributed by atoms with Crippen LogP contribution >= 0.6 is 12.4 Å². The number of aromatic nitrogens is 1. The normalized spacial score (nSPS) is 19.5. The van der Waals surface area contributed by atoms with Crippen molar-refractivity contribution in [3.63, 3.8) is 0 Å². The largest absolute Gasteiger partial charge is 0.497 e. The third kappa shape index (κ3) is 3.55. The Labute approximate surface area is 153 Å². The number of fused-ring (bicyclic) bond motifs is 1. The van der Waals surface area contributed by atoms with Gasteiger partial charge in [0.15, 0.2) is 0 Å². The molecule has 3 heterocycles. The number of amides is 1. The molecular formula is C18H24ClN3O3. The third-order valence-electron chi connectivity index (χ3n) is 5.30. The molecule has 0 saturated carbocycles. The Kier molecular flexibility index (Phi) is 5.11. The van der Waals surface area contributed by atoms with Crippen molar-refractivity contribution in [3.05, 3.63) is 30.0 Å². The summed E-state index contributed by atoms with van der Waals surface area (Å²) in [6, 6.07) is 6.16. The predicted octanol–water partition coefficient (Wildman–Crippen LogP) is 2.72. The van der Waals surface area contributed by atoms with E-state index in [0.29, 0.717) is 6.54 Å². The Bertz CT molecular complexity index is 753. The molecule has 1 aromatic carbocycles. The van der Waals surface area contributed by atoms with Crippen LogP contribution in [0.5, 0.6) is 5.75 Å². The Balaban J connectivity index is 0.00000182. The van der Waals surface area contributed by atoms with Crippen molar-refractivity contribution < 1.29 is 14.3 Å². The van der Waals surface area contributed by atoms with Gasteiger partial charge < -0.3 is 24.7 Å². The average Bonchev–Trinajstić information content (AvgIpc) is 3.18. The van der Waals surface area contributed by atoms with Crippen molar-refractivity contribution in [3.8, 4) is 5.75 Å². The van der Waals surface area contributed by atoms with Crippen LogP contribution in [0.25, 0.3) is 10.9 Å². The van der Waals surface area contributed by atoms with Crippen LogP contribution in [0, 0.1) is 0 Å². The first-order valence-corrected chi connectivity index (χ1v) is 8.51. The summed E-state index contributed by atoms with van der Waals surface area (Å²) in [6.07, 6.45) is 4.67. The number of carbonyl (C=O) groups excluding carboxylic acids is 1. The highest BCUT2D eigenvalue weighted by Crippen LogP contribution is 2.29. The summed E-state index contributed by atoms with van der Waals surface area (Å²) in [5.74, 6) is 0.872. The minimum atomic E-state index is -0.266. The summed E-state index contributed by atoms with van der Waals surface area (Å²) in [7, 11) is 1.69. The number of likely N-dealkylation sites (tertiary alicyclic amines) is 1. The zero-order chi connectivity index (χ0) is 16.6. The number of nitrogens with zero attached hydrogens (tertiary/aromatic N) is 1. The lowest BCUT2D eigenvalue weighted by atomic mass is 9.91. The maximum atomic E-state index is 11.3. The van der Waals surface area contributed by atoms with Gasteiger partial charge in [0.05, 0.1) is 13.7 Å². The monoisotopic (exact) mass is 365 g/mol. The van der Waals surface area contributed by atoms with E-state index in [1.807, 2.05) is 12.1 Å². The van der Waals surface area contributed by atoms with Gasteiger partial charge in [-0.2, -0.15) is 0 Å². The van der Waals surface area contributed by atoms with E-state index in [2.05, 4.69) is 27.5 Å². The first kappa shape index (κ1) is 17.9. The van der Waals surface area contributed by atoms with Crippen molar-refractivity contribution in [1.82, 2.24) is 15.2 Å². The van der Waals surface area contributed by atoms with E-state index >= 15 is 0 Å². The number of hydrogen-bond donors (Lipinski definition) is 2. The fraction of sp³-hybridized carbons (Fsp3) is 0.500. The number of alkyl carbamates (subject to hydrolysis) is 1. The van der Waals surface area contributed by atoms with Crippen LogP contribution in [0.4, 0.5) is 4.79 Å². The van der Waals surface area contributed by atoms with Gasteiger partial charge in [-0.15, -0.1) is 12.4 Å². The fourth-order valence-corrected chi connectivity index (χ4v) is 3.74. The second-order valence-corrected chi connectivity index (χ2v) is 6.74. The molecule has 6 nitrogen and oxygen atoms in total. The number of piperidine rings is 1. The van der Waals surface area contributed by atoms with Gasteiger partial charge >= 0.3 is 6.09 Å². The number of rotatable bonds is 4. The second-order valence-electron chi connectivity index (χ2n) is 6.74. The van der Waals surface area contributed by atoms with Crippen LogP contribution in [0.1, 0.15) is 18.4 Å². The third-order valence-corrected chi connectivity index (χ3v) is 5.30. The molecule has 2 aliphatic heterocycles.